The van der Waals surface area contributed by atoms with Crippen molar-refractivity contribution in [1.82, 2.24) is 45.3 Å². The number of primary sulfonamides is 2. The number of nitrogen functional groups attached to an aromatic ring is 5. The number of aromatic nitrogens is 9. The number of carbonyl (C=O) groups is 3. The molecule has 0 bridgehead atoms. The number of fused-ring (bicyclic) bond motifs is 1. The molecule has 0 aliphatic heterocycles. The Morgan fingerprint density at radius 1 is 0.370 bits per heavy atom. The van der Waals surface area contributed by atoms with Crippen molar-refractivity contribution in [2.24, 2.45) is 27.5 Å². The average molecular weight is 2130 g/mol. The van der Waals surface area contributed by atoms with E-state index >= 15 is 0 Å². The Balaban J connectivity index is 0.000000405. The summed E-state index contributed by atoms with van der Waals surface area (Å²) < 4.78 is 104. The molecule has 776 valence electrons. The molecule has 16 aromatic rings. The minimum Gasteiger partial charge on any atom is -0.497 e. The third-order valence-electron chi connectivity index (χ3n) is 19.3. The summed E-state index contributed by atoms with van der Waals surface area (Å²) in [5.41, 5.74) is 58.2. The highest BCUT2D eigenvalue weighted by atomic mass is 35.5. The molecule has 0 spiro atoms. The fourth-order valence-corrected chi connectivity index (χ4v) is 16.4. The van der Waals surface area contributed by atoms with Gasteiger partial charge in [0, 0.05) is 86.0 Å². The molecular formula is C105H127Cl2N19O15S5. The molecule has 0 unspecified atom stereocenters. The monoisotopic (exact) mass is 2120 g/mol. The van der Waals surface area contributed by atoms with E-state index in [4.69, 9.17) is 93.6 Å². The number of thiophene rings is 1. The summed E-state index contributed by atoms with van der Waals surface area (Å²) in [5.74, 6) is 3.76. The number of ether oxygens (including phenoxy) is 3. The number of nitrogens with two attached hydrogens (primary N) is 10. The Bertz CT molecular complexity index is 7260. The smallest absolute Gasteiger partial charge is 0.340 e. The van der Waals surface area contributed by atoms with Crippen LogP contribution in [0.5, 0.6) is 17.2 Å². The molecular weight excluding hydrogens is 2000 g/mol. The number of pyridine rings is 4. The number of carbonyl (C=O) groups excluding carboxylic acids is 3. The molecule has 16 rings (SSSR count). The zero-order chi connectivity index (χ0) is 110. The van der Waals surface area contributed by atoms with E-state index < -0.39 is 45.6 Å². The van der Waals surface area contributed by atoms with E-state index in [0.29, 0.717) is 94.8 Å². The van der Waals surface area contributed by atoms with E-state index in [1.165, 1.54) is 49.8 Å². The van der Waals surface area contributed by atoms with Crippen LogP contribution in [0, 0.1) is 104 Å². The molecule has 0 saturated heterocycles. The second kappa shape index (κ2) is 61.6. The average Bonchev–Trinajstić information content (AvgIpc) is 0.841. The number of nitrogens with zero attached hydrogens (tertiary/aromatic N) is 7. The lowest BCUT2D eigenvalue weighted by Gasteiger charge is -2.05. The number of nitrogens with one attached hydrogen (secondary N) is 2. The van der Waals surface area contributed by atoms with E-state index in [9.17, 15) is 52.8 Å². The highest BCUT2D eigenvalue weighted by Crippen LogP contribution is 2.27. The zero-order valence-electron chi connectivity index (χ0n) is 84.8. The molecule has 0 fully saturated rings. The van der Waals surface area contributed by atoms with Crippen molar-refractivity contribution < 1.29 is 62.3 Å². The first kappa shape index (κ1) is 125. The number of sulfonamides is 2. The number of amides is 3. The first-order valence-electron chi connectivity index (χ1n) is 43.7. The number of anilines is 5. The molecule has 0 atom stereocenters. The van der Waals surface area contributed by atoms with Crippen LogP contribution in [0.4, 0.5) is 29.1 Å². The predicted molar refractivity (Wildman–Crippen MR) is 588 cm³/mol. The predicted octanol–water partition coefficient (Wildman–Crippen LogP) is 17.5. The van der Waals surface area contributed by atoms with Gasteiger partial charge in [0.25, 0.3) is 0 Å². The van der Waals surface area contributed by atoms with Crippen LogP contribution in [0.25, 0.3) is 22.2 Å². The number of rotatable bonds is 11. The van der Waals surface area contributed by atoms with Crippen LogP contribution < -0.4 is 76.0 Å². The van der Waals surface area contributed by atoms with Crippen molar-refractivity contribution in [3.05, 3.63) is 393 Å². The number of benzene rings is 9. The van der Waals surface area contributed by atoms with Gasteiger partial charge in [-0.1, -0.05) is 167 Å². The third kappa shape index (κ3) is 47.7. The number of aryl methyl sites for hydroxylation is 15. The Hall–Kier alpha value is -15.3. The largest absolute Gasteiger partial charge is 0.497 e. The lowest BCUT2D eigenvalue weighted by molar-refractivity contribution is 0.0991. The van der Waals surface area contributed by atoms with Gasteiger partial charge in [0.2, 0.25) is 37.8 Å². The fraction of sp³-hybridized carbons (Fsp3) is 0.190. The molecule has 0 aliphatic rings. The highest BCUT2D eigenvalue weighted by molar-refractivity contribution is 7.91. The van der Waals surface area contributed by atoms with Crippen molar-refractivity contribution in [2.75, 3.05) is 62.5 Å². The van der Waals surface area contributed by atoms with Crippen molar-refractivity contribution in [3.63, 3.8) is 0 Å². The number of aromatic amines is 2. The minimum atomic E-state index is -3.65. The van der Waals surface area contributed by atoms with Gasteiger partial charge in [0.05, 0.1) is 50.3 Å². The van der Waals surface area contributed by atoms with Gasteiger partial charge >= 0.3 is 5.69 Å². The minimum absolute atomic E-state index is 0.104. The first-order chi connectivity index (χ1) is 68.3. The Morgan fingerprint density at radius 3 is 1.21 bits per heavy atom. The van der Waals surface area contributed by atoms with Gasteiger partial charge in [-0.25, -0.2) is 68.8 Å². The molecule has 41 heteroatoms. The molecule has 22 N–H and O–H groups in total. The maximum absolute atomic E-state index is 11.3. The third-order valence-corrected chi connectivity index (χ3v) is 25.3. The lowest BCUT2D eigenvalue weighted by Crippen LogP contribution is -2.13. The van der Waals surface area contributed by atoms with Gasteiger partial charge in [0.15, 0.2) is 37.1 Å². The maximum atomic E-state index is 11.3. The van der Waals surface area contributed by atoms with E-state index in [2.05, 4.69) is 45.3 Å². The summed E-state index contributed by atoms with van der Waals surface area (Å²) in [6, 6.07) is 77.5. The Morgan fingerprint density at radius 2 is 0.829 bits per heavy atom. The molecule has 3 amide bonds. The molecule has 7 heterocycles. The van der Waals surface area contributed by atoms with E-state index in [1.807, 2.05) is 210 Å². The summed E-state index contributed by atoms with van der Waals surface area (Å²) in [7, 11) is -8.83. The standard InChI is InChI=1S/C9H10N4.C9H9N3O.C9H11NO2.C9H12O3S.C8H11NO3S.2C8H9NO.C8H10O2S.C7H10N2.C7H9NO2S.C6H6ClN.2C6H8N2.C5H5ClS/c1-5-2-3-6-7(4-5)9(11)13-12-8(6)10;1-6-3-2-4-7(5-6)8-10-9(13)12-11-8;1-6-3-4-7(12-2)5-8(6)9(10)11;1-7-4-5-8(12-2)6-9(7)13(3,10)11;1-6-3-4-7(12-2)5-8(6)13(9,10)11;1-6-3-2-4-7(5-6)8(9)10;1-6-4-2-3-5-7(6)8(9)10;1-7-5-3-4-6-8(7)11(2,9)10;1-5-3-4-6(2)9-7(5)8;1-6-4-2-3-5-7(6)11(8,9)10;1-5-2-3-6(7)4-8-5;1-5-2-3-8-6(7)4-5;1-5-3-2-4-6(7)8-5;1-4-2-3-5(6)7-4/h2-4H,1H3,(H2,10,12)(H2,11,13);2-5H,1H3,(H2,10,11,12,13);3-5H,1-2H3,(H2,10,11);4-6H,1-3H3;3-5H,1-2H3,(H2,9,10,11);2*2-5H,1H3,(H2,9,10);3-6H,1-2H3;3-4H,1-2H3,(H2,8,9);2-5H,1H3,(H2,8,9,10);2-4H,1H3;2*2-4H,1H3,(H2,7,8);2-3H,1H3. The fourth-order valence-electron chi connectivity index (χ4n) is 11.7. The molecule has 9 aromatic carbocycles. The number of hydrogen-bond acceptors (Lipinski definition) is 28. The van der Waals surface area contributed by atoms with Crippen molar-refractivity contribution in [2.45, 2.75) is 123 Å². The molecule has 0 aliphatic carbocycles. The molecule has 146 heavy (non-hydrogen) atoms. The van der Waals surface area contributed by atoms with Gasteiger partial charge < -0.3 is 60.1 Å². The summed E-state index contributed by atoms with van der Waals surface area (Å²) in [5, 5.41) is 26.0. The highest BCUT2D eigenvalue weighted by Gasteiger charge is 2.16. The van der Waals surface area contributed by atoms with Crippen LogP contribution in [0.3, 0.4) is 0 Å². The van der Waals surface area contributed by atoms with Gasteiger partial charge in [-0.15, -0.1) is 21.5 Å². The Kier molecular flexibility index (Phi) is 52.7. The molecule has 0 radical (unpaired) electrons. The van der Waals surface area contributed by atoms with E-state index in [1.54, 1.807) is 168 Å². The topological polar surface area (TPSA) is 615 Å². The first-order valence-corrected chi connectivity index (χ1v) is 52.1. The molecule has 7 aromatic heterocycles. The SMILES string of the molecule is COc1ccc(C)c(C(N)=O)c1.COc1ccc(C)c(S(C)(=O)=O)c1.COc1ccc(C)c(S(N)(=O)=O)c1.Cc1ccc(C)c(N)n1.Cc1ccc(Cl)cn1.Cc1ccc(Cl)s1.Cc1ccc2c(N)nnc(N)c2c1.Cc1cccc(-c2n[nH]c(=O)[nH]2)c1.Cc1cccc(C(N)=O)c1.Cc1cccc(N)n1.Cc1ccccc1C(N)=O.Cc1ccccc1S(C)(=O)=O.Cc1ccccc1S(N)(=O)=O.Cc1ccnc(N)c1. The van der Waals surface area contributed by atoms with Crippen molar-refractivity contribution >= 4 is 132 Å². The van der Waals surface area contributed by atoms with Crippen molar-refractivity contribution in [1.29, 1.82) is 0 Å². The lowest BCUT2D eigenvalue weighted by atomic mass is 10.1. The summed E-state index contributed by atoms with van der Waals surface area (Å²) in [4.78, 5) is 63.5. The Labute approximate surface area is 868 Å². The van der Waals surface area contributed by atoms with Crippen LogP contribution in [0.15, 0.2) is 298 Å². The van der Waals surface area contributed by atoms with Gasteiger partial charge in [-0.05, 0) is 276 Å². The summed E-state index contributed by atoms with van der Waals surface area (Å²) in [6.45, 7) is 28.3. The van der Waals surface area contributed by atoms with Crippen LogP contribution in [-0.2, 0) is 39.7 Å². The van der Waals surface area contributed by atoms with Gasteiger partial charge in [0.1, 0.15) is 34.7 Å². The van der Waals surface area contributed by atoms with Crippen LogP contribution in [0.2, 0.25) is 9.36 Å². The number of methoxy groups -OCH3 is 3. The number of H-pyrrole nitrogens is 2. The second-order valence-electron chi connectivity index (χ2n) is 31.9. The van der Waals surface area contributed by atoms with Crippen LogP contribution >= 0.6 is 34.5 Å². The van der Waals surface area contributed by atoms with E-state index in [-0.39, 0.29) is 27.3 Å². The van der Waals surface area contributed by atoms with Crippen LogP contribution in [-0.4, -0.2) is 131 Å². The van der Waals surface area contributed by atoms with Gasteiger partial charge in [-0.2, -0.15) is 5.10 Å². The van der Waals surface area contributed by atoms with Crippen molar-refractivity contribution in [3.8, 4) is 28.6 Å². The maximum Gasteiger partial charge on any atom is 0.340 e. The molecule has 0 saturated carbocycles. The number of primary amides is 3. The summed E-state index contributed by atoms with van der Waals surface area (Å²) >= 11 is 12.7. The quantitative estimate of drug-likeness (QED) is 0.0572. The second-order valence-corrected chi connectivity index (χ2v) is 41.3. The number of halogens is 2. The van der Waals surface area contributed by atoms with E-state index in [0.717, 1.165) is 87.8 Å². The zero-order valence-corrected chi connectivity index (χ0v) is 90.4. The van der Waals surface area contributed by atoms with Gasteiger partial charge in [-0.3, -0.25) is 24.4 Å². The number of hydrogen-bond donors (Lipinski definition) is 12. The number of sulfone groups is 2. The molecule has 34 nitrogen and oxygen atoms in total. The normalized spacial score (nSPS) is 10.2. The van der Waals surface area contributed by atoms with Crippen LogP contribution in [0.1, 0.15) is 114 Å². The summed E-state index contributed by atoms with van der Waals surface area (Å²) in [6.07, 6.45) is 5.74.